The number of hydrogen-bond acceptors (Lipinski definition) is 5. The lowest BCUT2D eigenvalue weighted by Gasteiger charge is -2.41. The van der Waals surface area contributed by atoms with E-state index in [0.717, 1.165) is 30.6 Å². The summed E-state index contributed by atoms with van der Waals surface area (Å²) >= 11 is 1.02. The van der Waals surface area contributed by atoms with E-state index in [9.17, 15) is 8.42 Å². The third-order valence-electron chi connectivity index (χ3n) is 3.82. The Bertz CT molecular complexity index is 527. The van der Waals surface area contributed by atoms with Crippen LogP contribution in [0.5, 0.6) is 0 Å². The molecule has 0 atom stereocenters. The monoisotopic (exact) mass is 289 g/mol. The molecule has 1 aromatic rings. The smallest absolute Gasteiger partial charge is 0.252 e. The minimum absolute atomic E-state index is 0.164. The lowest BCUT2D eigenvalue weighted by atomic mass is 9.67. The highest BCUT2D eigenvalue weighted by molar-refractivity contribution is 7.91. The van der Waals surface area contributed by atoms with Crippen LogP contribution >= 0.6 is 11.3 Å². The first kappa shape index (κ1) is 13.8. The van der Waals surface area contributed by atoms with Crippen molar-refractivity contribution in [1.82, 2.24) is 9.71 Å². The summed E-state index contributed by atoms with van der Waals surface area (Å²) < 4.78 is 27.3. The van der Waals surface area contributed by atoms with Crippen LogP contribution < -0.4 is 10.5 Å². The molecule has 1 saturated carbocycles. The molecule has 0 aromatic carbocycles. The average molecular weight is 289 g/mol. The summed E-state index contributed by atoms with van der Waals surface area (Å²) in [6, 6.07) is 0. The fourth-order valence-electron chi connectivity index (χ4n) is 2.30. The molecule has 1 aliphatic rings. The maximum atomic E-state index is 12.2. The van der Waals surface area contributed by atoms with Crippen LogP contribution in [-0.4, -0.2) is 19.9 Å². The molecule has 3 N–H and O–H groups in total. The van der Waals surface area contributed by atoms with Crippen LogP contribution in [0.3, 0.4) is 0 Å². The van der Waals surface area contributed by atoms with E-state index in [4.69, 9.17) is 5.73 Å². The van der Waals surface area contributed by atoms with Gasteiger partial charge in [0.25, 0.3) is 10.0 Å². The Hall–Kier alpha value is -0.660. The van der Waals surface area contributed by atoms with Gasteiger partial charge in [-0.25, -0.2) is 18.1 Å². The first-order chi connectivity index (χ1) is 8.38. The van der Waals surface area contributed by atoms with Crippen molar-refractivity contribution in [1.29, 1.82) is 0 Å². The van der Waals surface area contributed by atoms with Crippen molar-refractivity contribution in [3.63, 3.8) is 0 Å². The molecule has 102 valence electrons. The van der Waals surface area contributed by atoms with Crippen LogP contribution in [0.1, 0.15) is 38.3 Å². The topological polar surface area (TPSA) is 85.1 Å². The second kappa shape index (κ2) is 4.79. The molecule has 7 heteroatoms. The molecule has 1 aromatic heterocycles. The van der Waals surface area contributed by atoms with Gasteiger partial charge in [0.15, 0.2) is 9.34 Å². The number of nitrogens with one attached hydrogen (secondary N) is 1. The van der Waals surface area contributed by atoms with Gasteiger partial charge in [0.05, 0.1) is 5.69 Å². The Balaban J connectivity index is 2.10. The van der Waals surface area contributed by atoms with Crippen molar-refractivity contribution >= 4 is 26.5 Å². The lowest BCUT2D eigenvalue weighted by Crippen LogP contribution is -2.41. The number of thiazole rings is 1. The number of nitrogen functional groups attached to an aromatic ring is 1. The zero-order valence-corrected chi connectivity index (χ0v) is 12.3. The van der Waals surface area contributed by atoms with Gasteiger partial charge in [-0.05, 0) is 31.6 Å². The van der Waals surface area contributed by atoms with Crippen LogP contribution in [0, 0.1) is 12.3 Å². The van der Waals surface area contributed by atoms with Crippen LogP contribution in [0.2, 0.25) is 0 Å². The predicted molar refractivity (Wildman–Crippen MR) is 73.0 cm³/mol. The maximum absolute atomic E-state index is 12.2. The van der Waals surface area contributed by atoms with Gasteiger partial charge in [-0.3, -0.25) is 0 Å². The van der Waals surface area contributed by atoms with Crippen molar-refractivity contribution in [2.45, 2.75) is 43.7 Å². The number of nitrogens with zero attached hydrogens (tertiary/aromatic N) is 1. The molecular formula is C11H19N3O2S2. The van der Waals surface area contributed by atoms with Gasteiger partial charge in [-0.2, -0.15) is 0 Å². The summed E-state index contributed by atoms with van der Waals surface area (Å²) in [4.78, 5) is 3.95. The van der Waals surface area contributed by atoms with Gasteiger partial charge in [-0.15, -0.1) is 0 Å². The Labute approximate surface area is 112 Å². The number of rotatable bonds is 5. The Morgan fingerprint density at radius 1 is 1.50 bits per heavy atom. The second-order valence-corrected chi connectivity index (χ2v) is 7.95. The van der Waals surface area contributed by atoms with Gasteiger partial charge in [-0.1, -0.05) is 24.7 Å². The summed E-state index contributed by atoms with van der Waals surface area (Å²) in [7, 11) is -3.46. The normalized spacial score (nSPS) is 18.6. The van der Waals surface area contributed by atoms with Gasteiger partial charge < -0.3 is 5.73 Å². The van der Waals surface area contributed by atoms with E-state index in [1.54, 1.807) is 6.92 Å². The highest BCUT2D eigenvalue weighted by atomic mass is 32.2. The molecule has 0 radical (unpaired) electrons. The van der Waals surface area contributed by atoms with Gasteiger partial charge in [0.2, 0.25) is 0 Å². The van der Waals surface area contributed by atoms with Crippen molar-refractivity contribution in [2.75, 3.05) is 12.3 Å². The Morgan fingerprint density at radius 3 is 2.56 bits per heavy atom. The number of aryl methyl sites for hydroxylation is 1. The quantitative estimate of drug-likeness (QED) is 0.867. The van der Waals surface area contributed by atoms with E-state index < -0.39 is 10.0 Å². The van der Waals surface area contributed by atoms with E-state index in [1.165, 1.54) is 6.42 Å². The third kappa shape index (κ3) is 2.53. The standard InChI is InChI=1S/C11H19N3O2S2/c1-3-11(5-4-6-11)7-13-18(15,16)9-8(2)14-10(12)17-9/h13H,3-7H2,1-2H3,(H2,12,14). The molecule has 0 spiro atoms. The van der Waals surface area contributed by atoms with Crippen LogP contribution in [0.4, 0.5) is 5.13 Å². The third-order valence-corrected chi connectivity index (χ3v) is 6.81. The van der Waals surface area contributed by atoms with E-state index in [1.807, 2.05) is 0 Å². The first-order valence-corrected chi connectivity index (χ1v) is 8.41. The van der Waals surface area contributed by atoms with E-state index in [-0.39, 0.29) is 9.62 Å². The zero-order chi connectivity index (χ0) is 13.4. The molecule has 1 heterocycles. The minimum atomic E-state index is -3.46. The van der Waals surface area contributed by atoms with Crippen LogP contribution in [0.15, 0.2) is 4.21 Å². The van der Waals surface area contributed by atoms with Crippen LogP contribution in [-0.2, 0) is 10.0 Å². The van der Waals surface area contributed by atoms with Crippen molar-refractivity contribution < 1.29 is 8.42 Å². The highest BCUT2D eigenvalue weighted by Crippen LogP contribution is 2.43. The second-order valence-electron chi connectivity index (χ2n) is 4.96. The van der Waals surface area contributed by atoms with Gasteiger partial charge in [0.1, 0.15) is 0 Å². The number of nitrogens with two attached hydrogens (primary N) is 1. The number of hydrogen-bond donors (Lipinski definition) is 2. The SMILES string of the molecule is CCC1(CNS(=O)(=O)c2sc(N)nc2C)CCC1. The molecule has 0 amide bonds. The first-order valence-electron chi connectivity index (χ1n) is 6.11. The van der Waals surface area contributed by atoms with Crippen LogP contribution in [0.25, 0.3) is 0 Å². The number of aromatic nitrogens is 1. The Kier molecular flexibility index (Phi) is 3.66. The summed E-state index contributed by atoms with van der Waals surface area (Å²) in [5, 5.41) is 0.293. The van der Waals surface area contributed by atoms with Crippen molar-refractivity contribution in [3.05, 3.63) is 5.69 Å². The summed E-state index contributed by atoms with van der Waals surface area (Å²) in [5.41, 5.74) is 6.18. The van der Waals surface area contributed by atoms with E-state index in [0.29, 0.717) is 17.4 Å². The molecule has 5 nitrogen and oxygen atoms in total. The molecular weight excluding hydrogens is 270 g/mol. The zero-order valence-electron chi connectivity index (χ0n) is 10.7. The fourth-order valence-corrected chi connectivity index (χ4v) is 4.80. The van der Waals surface area contributed by atoms with Gasteiger partial charge >= 0.3 is 0 Å². The summed E-state index contributed by atoms with van der Waals surface area (Å²) in [5.74, 6) is 0. The van der Waals surface area contributed by atoms with Crippen molar-refractivity contribution in [3.8, 4) is 0 Å². The van der Waals surface area contributed by atoms with E-state index in [2.05, 4.69) is 16.6 Å². The highest BCUT2D eigenvalue weighted by Gasteiger charge is 2.36. The molecule has 0 saturated heterocycles. The molecule has 0 aliphatic heterocycles. The fraction of sp³-hybridized carbons (Fsp3) is 0.727. The predicted octanol–water partition coefficient (Wildman–Crippen LogP) is 1.89. The molecule has 18 heavy (non-hydrogen) atoms. The van der Waals surface area contributed by atoms with E-state index >= 15 is 0 Å². The number of sulfonamides is 1. The largest absolute Gasteiger partial charge is 0.375 e. The lowest BCUT2D eigenvalue weighted by molar-refractivity contribution is 0.133. The summed E-state index contributed by atoms with van der Waals surface area (Å²) in [6.07, 6.45) is 4.42. The summed E-state index contributed by atoms with van der Waals surface area (Å²) in [6.45, 7) is 4.30. The van der Waals surface area contributed by atoms with Gasteiger partial charge in [0, 0.05) is 6.54 Å². The average Bonchev–Trinajstić information content (AvgIpc) is 2.57. The minimum Gasteiger partial charge on any atom is -0.375 e. The Morgan fingerprint density at radius 2 is 2.17 bits per heavy atom. The maximum Gasteiger partial charge on any atom is 0.252 e. The van der Waals surface area contributed by atoms with Crippen molar-refractivity contribution in [2.24, 2.45) is 5.41 Å². The number of anilines is 1. The molecule has 0 bridgehead atoms. The molecule has 1 aliphatic carbocycles. The molecule has 0 unspecified atom stereocenters. The molecule has 2 rings (SSSR count). The molecule has 1 fully saturated rings.